The predicted octanol–water partition coefficient (Wildman–Crippen LogP) is -2.07. The highest BCUT2D eigenvalue weighted by Gasteiger charge is 2.67. The molecule has 0 aliphatic carbocycles. The van der Waals surface area contributed by atoms with Gasteiger partial charge in [0.2, 0.25) is 0 Å². The number of ether oxygens (including phenoxy) is 1. The molecule has 7 atom stereocenters. The van der Waals surface area contributed by atoms with Crippen LogP contribution < -0.4 is 0 Å². The fraction of sp³-hybridized carbons (Fsp3) is 1.00. The van der Waals surface area contributed by atoms with Crippen molar-refractivity contribution in [3.05, 3.63) is 0 Å². The number of phosphoric acid groups is 2. The topological polar surface area (TPSA) is 261 Å². The van der Waals surface area contributed by atoms with Gasteiger partial charge in [-0.05, 0) is 0 Å². The van der Waals surface area contributed by atoms with E-state index < -0.39 is 66.3 Å². The van der Waals surface area contributed by atoms with Gasteiger partial charge in [-0.2, -0.15) is 8.62 Å². The Morgan fingerprint density at radius 2 is 1.48 bits per heavy atom. The van der Waals surface area contributed by atoms with Crippen molar-refractivity contribution in [1.29, 1.82) is 0 Å². The summed E-state index contributed by atoms with van der Waals surface area (Å²) >= 11 is 7.09. The number of hydrogen-bond acceptors (Lipinski definition) is 13. The third-order valence-corrected chi connectivity index (χ3v) is 16.8. The average molecular weight is 518 g/mol. The van der Waals surface area contributed by atoms with Gasteiger partial charge in [0, 0.05) is 7.71 Å². The van der Waals surface area contributed by atoms with Crippen LogP contribution in [0.3, 0.4) is 0 Å². The van der Waals surface area contributed by atoms with Gasteiger partial charge in [0.25, 0.3) is 5.12 Å². The Morgan fingerprint density at radius 3 is 1.89 bits per heavy atom. The lowest BCUT2D eigenvalue weighted by Crippen LogP contribution is -2.65. The molecule has 21 heteroatoms. The number of thiol groups is 2. The number of aliphatic hydroxyl groups excluding tert-OH is 4. The van der Waals surface area contributed by atoms with Crippen molar-refractivity contribution in [1.82, 2.24) is 0 Å². The van der Waals surface area contributed by atoms with Gasteiger partial charge < -0.3 is 49.8 Å². The molecule has 0 aromatic carbocycles. The molecule has 1 heterocycles. The van der Waals surface area contributed by atoms with Crippen LogP contribution in [-0.2, 0) is 27.1 Å². The Kier molecular flexibility index (Phi) is 8.20. The zero-order chi connectivity index (χ0) is 21.6. The van der Waals surface area contributed by atoms with E-state index in [9.17, 15) is 43.9 Å². The molecule has 1 aliphatic rings. The van der Waals surface area contributed by atoms with Gasteiger partial charge in [0.1, 0.15) is 24.4 Å². The summed E-state index contributed by atoms with van der Waals surface area (Å²) in [5.41, 5.74) is 0. The number of aliphatic hydroxyl groups is 5. The molecule has 0 radical (unpaired) electrons. The fourth-order valence-electron chi connectivity index (χ4n) is 1.84. The maximum absolute atomic E-state index is 12.4. The number of hydrogen-bond donors (Lipinski definition) is 11. The zero-order valence-electron chi connectivity index (χ0n) is 12.6. The highest BCUT2D eigenvalue weighted by atomic mass is 33.7. The van der Waals surface area contributed by atoms with Gasteiger partial charge in [-0.25, -0.2) is 13.7 Å². The summed E-state index contributed by atoms with van der Waals surface area (Å²) in [6, 6.07) is 0. The van der Waals surface area contributed by atoms with Crippen molar-refractivity contribution in [3.63, 3.8) is 0 Å². The molecule has 164 valence electrons. The molecular weight excluding hydrogens is 501 g/mol. The van der Waals surface area contributed by atoms with Crippen molar-refractivity contribution in [2.45, 2.75) is 29.5 Å². The van der Waals surface area contributed by atoms with E-state index in [1.165, 1.54) is 0 Å². The maximum Gasteiger partial charge on any atom is 0.488 e. The first-order chi connectivity index (χ1) is 11.8. The van der Waals surface area contributed by atoms with Crippen molar-refractivity contribution < 1.29 is 72.2 Å². The summed E-state index contributed by atoms with van der Waals surface area (Å²) in [4.78, 5) is 36.1. The van der Waals surface area contributed by atoms with Crippen molar-refractivity contribution in [3.8, 4) is 0 Å². The highest BCUT2D eigenvalue weighted by Crippen LogP contribution is 2.93. The fourth-order valence-corrected chi connectivity index (χ4v) is 11.3. The van der Waals surface area contributed by atoms with Crippen molar-refractivity contribution in [2.75, 3.05) is 6.61 Å². The van der Waals surface area contributed by atoms with E-state index in [2.05, 4.69) is 31.9 Å². The van der Waals surface area contributed by atoms with E-state index in [-0.39, 0.29) is 0 Å². The van der Waals surface area contributed by atoms with Gasteiger partial charge in [-0.15, -0.1) is 23.3 Å². The second-order valence-electron chi connectivity index (χ2n) is 5.01. The molecule has 1 saturated heterocycles. The summed E-state index contributed by atoms with van der Waals surface area (Å²) in [6.45, 7) is -6.91. The molecule has 0 spiro atoms. The molecule has 0 saturated carbocycles. The molecule has 1 fully saturated rings. The van der Waals surface area contributed by atoms with Crippen LogP contribution in [0, 0.1) is 0 Å². The van der Waals surface area contributed by atoms with E-state index in [1.807, 2.05) is 0 Å². The summed E-state index contributed by atoms with van der Waals surface area (Å²) in [6.07, 6.45) is -8.65. The molecule has 1 rings (SSSR count). The molecule has 0 amide bonds. The third-order valence-electron chi connectivity index (χ3n) is 3.06. The van der Waals surface area contributed by atoms with Gasteiger partial charge >= 0.3 is 22.4 Å². The molecule has 9 N–H and O–H groups in total. The first kappa shape index (κ1) is 26.3. The summed E-state index contributed by atoms with van der Waals surface area (Å²) in [7, 11) is -16.1. The second kappa shape index (κ2) is 8.42. The standard InChI is InChI=1S/C6H17O15P3S3/c7-1-2-3(8)4(9)5(10)6(11,19-2)27(25,26)24(17,18)21-23(15,16)20-22(12,13)14/h2-5,7-11,25-26H,1H2,(H,15,16)(H,17,18)(H2,12,13,14)/t2-,3+,4+,5-,6+/m1/s1. The number of rotatable bonds is 7. The SMILES string of the molecule is O=P(O)(O)OP(=O)(O)OP(=O)(O)S(S)(S)[C@@]1(O)O[C@H](CO)[C@H](O)[C@H](O)[C@H]1O. The van der Waals surface area contributed by atoms with Crippen LogP contribution >= 0.6 is 53.5 Å². The van der Waals surface area contributed by atoms with Crippen LogP contribution in [0.15, 0.2) is 0 Å². The predicted molar refractivity (Wildman–Crippen MR) is 94.4 cm³/mol. The molecule has 0 bridgehead atoms. The second-order valence-corrected chi connectivity index (χ2v) is 19.7. The zero-order valence-corrected chi connectivity index (χ0v) is 17.9. The van der Waals surface area contributed by atoms with E-state index in [4.69, 9.17) is 19.6 Å². The first-order valence-corrected chi connectivity index (χ1v) is 15.2. The molecule has 1 aliphatic heterocycles. The Bertz CT molecular complexity index is 694. The lowest BCUT2D eigenvalue weighted by molar-refractivity contribution is -0.305. The van der Waals surface area contributed by atoms with E-state index in [0.717, 1.165) is 0 Å². The Morgan fingerprint density at radius 1 is 1.00 bits per heavy atom. The quantitative estimate of drug-likeness (QED) is 0.0982. The maximum atomic E-state index is 12.4. The molecule has 0 aromatic rings. The minimum absolute atomic E-state index is 1.07. The summed E-state index contributed by atoms with van der Waals surface area (Å²) in [5.74, 6) is 0. The average Bonchev–Trinajstić information content (AvgIpc) is 2.44. The minimum Gasteiger partial charge on any atom is -0.394 e. The third kappa shape index (κ3) is 5.50. The lowest BCUT2D eigenvalue weighted by atomic mass is 9.99. The molecule has 15 nitrogen and oxygen atoms in total. The van der Waals surface area contributed by atoms with Gasteiger partial charge in [-0.3, -0.25) is 0 Å². The monoisotopic (exact) mass is 518 g/mol. The van der Waals surface area contributed by atoms with Gasteiger partial charge in [0.15, 0.2) is 0 Å². The summed E-state index contributed by atoms with van der Waals surface area (Å²) < 4.78 is 46.4. The van der Waals surface area contributed by atoms with Crippen LogP contribution in [0.1, 0.15) is 0 Å². The lowest BCUT2D eigenvalue weighted by Gasteiger charge is -2.52. The van der Waals surface area contributed by atoms with Crippen LogP contribution in [0.5, 0.6) is 0 Å². The van der Waals surface area contributed by atoms with E-state index >= 15 is 0 Å². The van der Waals surface area contributed by atoms with Gasteiger partial charge in [0.05, 0.1) is 6.61 Å². The smallest absolute Gasteiger partial charge is 0.394 e. The van der Waals surface area contributed by atoms with Crippen LogP contribution in [0.2, 0.25) is 0 Å². The van der Waals surface area contributed by atoms with Crippen LogP contribution in [0.25, 0.3) is 0 Å². The largest absolute Gasteiger partial charge is 0.488 e. The van der Waals surface area contributed by atoms with Crippen LogP contribution in [-0.4, -0.2) is 81.2 Å². The first-order valence-electron chi connectivity index (χ1n) is 6.28. The minimum atomic E-state index is -5.95. The molecule has 27 heavy (non-hydrogen) atoms. The van der Waals surface area contributed by atoms with Crippen molar-refractivity contribution >= 4 is 53.5 Å². The Balaban J connectivity index is 3.30. The molecule has 0 aromatic heterocycles. The highest BCUT2D eigenvalue weighted by molar-refractivity contribution is 9.36. The normalized spacial score (nSPS) is 38.0. The van der Waals surface area contributed by atoms with Crippen LogP contribution in [0.4, 0.5) is 0 Å². The van der Waals surface area contributed by atoms with E-state index in [0.29, 0.717) is 0 Å². The van der Waals surface area contributed by atoms with E-state index in [1.54, 1.807) is 0 Å². The Labute approximate surface area is 162 Å². The summed E-state index contributed by atoms with van der Waals surface area (Å²) in [5, 5.41) is 45.5. The van der Waals surface area contributed by atoms with Crippen molar-refractivity contribution in [2.24, 2.45) is 0 Å². The molecular formula is C6H17O15P3S3. The van der Waals surface area contributed by atoms with Gasteiger partial charge in [-0.1, -0.05) is 0 Å². The molecule has 2 unspecified atom stereocenters. The Hall–Kier alpha value is 1.26.